The van der Waals surface area contributed by atoms with E-state index >= 15 is 0 Å². The van der Waals surface area contributed by atoms with E-state index in [1.54, 1.807) is 6.08 Å². The number of aliphatic hydroxyl groups is 3. The first-order chi connectivity index (χ1) is 7.69. The fraction of sp³-hybridized carbons (Fsp3) is 0.700. The number of hydrogen-bond donors (Lipinski definition) is 4. The Morgan fingerprint density at radius 3 is 2.81 bits per heavy atom. The van der Waals surface area contributed by atoms with Gasteiger partial charge in [-0.15, -0.1) is 6.58 Å². The average molecular weight is 228 g/mol. The van der Waals surface area contributed by atoms with Gasteiger partial charge in [0, 0.05) is 6.54 Å². The summed E-state index contributed by atoms with van der Waals surface area (Å²) in [4.78, 5) is 4.13. The van der Waals surface area contributed by atoms with Gasteiger partial charge in [-0.1, -0.05) is 6.08 Å². The highest BCUT2D eigenvalue weighted by molar-refractivity contribution is 5.76. The molecule has 0 spiro atoms. The predicted octanol–water partition coefficient (Wildman–Crippen LogP) is -1.77. The molecule has 6 heteroatoms. The Hall–Kier alpha value is -1.11. The van der Waals surface area contributed by atoms with Crippen molar-refractivity contribution >= 4 is 6.02 Å². The molecule has 6 nitrogen and oxygen atoms in total. The molecule has 0 saturated heterocycles. The monoisotopic (exact) mass is 228 g/mol. The largest absolute Gasteiger partial charge is 0.459 e. The van der Waals surface area contributed by atoms with Crippen molar-refractivity contribution in [2.24, 2.45) is 10.9 Å². The van der Waals surface area contributed by atoms with Gasteiger partial charge in [-0.25, -0.2) is 4.99 Å². The number of nitrogens with one attached hydrogen (secondary N) is 1. The molecule has 1 saturated carbocycles. The number of amidine groups is 1. The van der Waals surface area contributed by atoms with E-state index in [4.69, 9.17) is 9.84 Å². The topological polar surface area (TPSA) is 94.3 Å². The van der Waals surface area contributed by atoms with Gasteiger partial charge in [0.05, 0.1) is 18.6 Å². The van der Waals surface area contributed by atoms with Crippen molar-refractivity contribution in [1.82, 2.24) is 5.32 Å². The highest BCUT2D eigenvalue weighted by atomic mass is 16.5. The molecule has 0 aromatic heterocycles. The minimum absolute atomic E-state index is 0.232. The van der Waals surface area contributed by atoms with Crippen LogP contribution in [-0.2, 0) is 4.74 Å². The Balaban J connectivity index is 2.06. The Kier molecular flexibility index (Phi) is 3.13. The molecule has 4 N–H and O–H groups in total. The Labute approximate surface area is 93.3 Å². The first kappa shape index (κ1) is 11.4. The van der Waals surface area contributed by atoms with Crippen LogP contribution in [0, 0.1) is 5.92 Å². The number of aliphatic imine (C=N–C) groups is 1. The van der Waals surface area contributed by atoms with Crippen LogP contribution < -0.4 is 5.32 Å². The number of nitrogens with zero attached hydrogens (tertiary/aromatic N) is 1. The fourth-order valence-electron chi connectivity index (χ4n) is 2.16. The zero-order valence-electron chi connectivity index (χ0n) is 8.78. The molecule has 0 amide bonds. The zero-order chi connectivity index (χ0) is 11.7. The molecule has 2 aliphatic rings. The van der Waals surface area contributed by atoms with E-state index in [-0.39, 0.29) is 6.61 Å². The number of fused-ring (bicyclic) bond motifs is 1. The molecule has 0 bridgehead atoms. The molecule has 16 heavy (non-hydrogen) atoms. The summed E-state index contributed by atoms with van der Waals surface area (Å²) in [6.07, 6.45) is -0.758. The lowest BCUT2D eigenvalue weighted by Crippen LogP contribution is -2.34. The summed E-state index contributed by atoms with van der Waals surface area (Å²) in [6.45, 7) is 3.83. The van der Waals surface area contributed by atoms with Crippen LogP contribution in [0.4, 0.5) is 0 Å². The third kappa shape index (κ3) is 1.68. The second-order valence-electron chi connectivity index (χ2n) is 4.00. The molecule has 0 radical (unpaired) electrons. The highest BCUT2D eigenvalue weighted by Gasteiger charge is 2.54. The minimum Gasteiger partial charge on any atom is -0.459 e. The molecule has 0 aromatic carbocycles. The second-order valence-corrected chi connectivity index (χ2v) is 4.00. The lowest BCUT2D eigenvalue weighted by atomic mass is 10.1. The summed E-state index contributed by atoms with van der Waals surface area (Å²) in [5, 5.41) is 31.3. The van der Waals surface area contributed by atoms with Crippen LogP contribution >= 0.6 is 0 Å². The summed E-state index contributed by atoms with van der Waals surface area (Å²) in [5.74, 6) is -0.494. The zero-order valence-corrected chi connectivity index (χ0v) is 8.78. The standard InChI is InChI=1S/C10H16N2O4/c1-2-3-11-10-12-6-8(15)7(14)5(4-13)9(6)16-10/h2,5-9,13-15H,1,3-4H2,(H,11,12)/t5-,6?,7-,8-,9?/m1/s1. The van der Waals surface area contributed by atoms with Crippen LogP contribution in [-0.4, -0.2) is 58.8 Å². The van der Waals surface area contributed by atoms with Crippen molar-refractivity contribution in [3.8, 4) is 0 Å². The Bertz CT molecular complexity index is 307. The van der Waals surface area contributed by atoms with Crippen molar-refractivity contribution < 1.29 is 20.1 Å². The van der Waals surface area contributed by atoms with E-state index in [1.807, 2.05) is 0 Å². The van der Waals surface area contributed by atoms with Crippen LogP contribution in [0.5, 0.6) is 0 Å². The predicted molar refractivity (Wildman–Crippen MR) is 56.9 cm³/mol. The third-order valence-corrected chi connectivity index (χ3v) is 3.02. The van der Waals surface area contributed by atoms with Crippen LogP contribution in [0.1, 0.15) is 0 Å². The van der Waals surface area contributed by atoms with Gasteiger partial charge in [0.2, 0.25) is 0 Å². The SMILES string of the molecule is C=CCNC1=NC2C(O1)[C@H](CO)[C@@H](O)[C@@H]2O. The molecule has 1 heterocycles. The van der Waals surface area contributed by atoms with Crippen molar-refractivity contribution in [2.75, 3.05) is 13.2 Å². The molecule has 0 aromatic rings. The van der Waals surface area contributed by atoms with Gasteiger partial charge in [-0.2, -0.15) is 0 Å². The van der Waals surface area contributed by atoms with E-state index in [9.17, 15) is 10.2 Å². The first-order valence-corrected chi connectivity index (χ1v) is 5.25. The van der Waals surface area contributed by atoms with Gasteiger partial charge >= 0.3 is 0 Å². The molecular weight excluding hydrogens is 212 g/mol. The maximum Gasteiger partial charge on any atom is 0.285 e. The summed E-state index contributed by atoms with van der Waals surface area (Å²) in [5.41, 5.74) is 0. The normalized spacial score (nSPS) is 41.2. The van der Waals surface area contributed by atoms with Gasteiger partial charge in [-0.05, 0) is 0 Å². The quantitative estimate of drug-likeness (QED) is 0.429. The molecule has 1 aliphatic heterocycles. The van der Waals surface area contributed by atoms with Crippen LogP contribution in [0.15, 0.2) is 17.6 Å². The van der Waals surface area contributed by atoms with Crippen molar-refractivity contribution in [2.45, 2.75) is 24.4 Å². The molecule has 1 fully saturated rings. The number of rotatable bonds is 3. The maximum atomic E-state index is 9.72. The van der Waals surface area contributed by atoms with Crippen LogP contribution in [0.2, 0.25) is 0 Å². The maximum absolute atomic E-state index is 9.72. The van der Waals surface area contributed by atoms with E-state index in [0.717, 1.165) is 0 Å². The number of aliphatic hydroxyl groups excluding tert-OH is 3. The molecule has 1 aliphatic carbocycles. The van der Waals surface area contributed by atoms with Crippen molar-refractivity contribution in [1.29, 1.82) is 0 Å². The molecule has 2 rings (SSSR count). The summed E-state index contributed by atoms with van der Waals surface area (Å²) >= 11 is 0. The van der Waals surface area contributed by atoms with Gasteiger partial charge in [0.25, 0.3) is 6.02 Å². The molecule has 5 atom stereocenters. The highest BCUT2D eigenvalue weighted by Crippen LogP contribution is 2.34. The fourth-order valence-corrected chi connectivity index (χ4v) is 2.16. The van der Waals surface area contributed by atoms with Crippen LogP contribution in [0.25, 0.3) is 0 Å². The minimum atomic E-state index is -0.982. The van der Waals surface area contributed by atoms with E-state index < -0.39 is 30.3 Å². The second kappa shape index (κ2) is 4.40. The Morgan fingerprint density at radius 1 is 1.44 bits per heavy atom. The van der Waals surface area contributed by atoms with E-state index in [1.165, 1.54) is 0 Å². The summed E-state index contributed by atoms with van der Waals surface area (Å²) < 4.78 is 5.44. The number of hydrogen-bond acceptors (Lipinski definition) is 6. The third-order valence-electron chi connectivity index (χ3n) is 3.02. The summed E-state index contributed by atoms with van der Waals surface area (Å²) in [6, 6.07) is -0.168. The molecular formula is C10H16N2O4. The van der Waals surface area contributed by atoms with Gasteiger partial charge in [-0.3, -0.25) is 0 Å². The van der Waals surface area contributed by atoms with Crippen molar-refractivity contribution in [3.05, 3.63) is 12.7 Å². The number of ether oxygens (including phenoxy) is 1. The lowest BCUT2D eigenvalue weighted by molar-refractivity contribution is -0.00713. The van der Waals surface area contributed by atoms with E-state index in [0.29, 0.717) is 12.6 Å². The van der Waals surface area contributed by atoms with Crippen LogP contribution in [0.3, 0.4) is 0 Å². The average Bonchev–Trinajstić information content (AvgIpc) is 2.78. The van der Waals surface area contributed by atoms with Gasteiger partial charge in [0.1, 0.15) is 18.2 Å². The Morgan fingerprint density at radius 2 is 2.19 bits per heavy atom. The van der Waals surface area contributed by atoms with Crippen molar-refractivity contribution in [3.63, 3.8) is 0 Å². The van der Waals surface area contributed by atoms with Gasteiger partial charge in [0.15, 0.2) is 0 Å². The molecule has 90 valence electrons. The lowest BCUT2D eigenvalue weighted by Gasteiger charge is -2.18. The first-order valence-electron chi connectivity index (χ1n) is 5.25. The van der Waals surface area contributed by atoms with E-state index in [2.05, 4.69) is 16.9 Å². The van der Waals surface area contributed by atoms with Gasteiger partial charge < -0.3 is 25.4 Å². The smallest absolute Gasteiger partial charge is 0.285 e. The summed E-state index contributed by atoms with van der Waals surface area (Å²) in [7, 11) is 0. The molecule has 2 unspecified atom stereocenters.